The van der Waals surface area contributed by atoms with Crippen molar-refractivity contribution in [3.05, 3.63) is 48.5 Å². The summed E-state index contributed by atoms with van der Waals surface area (Å²) >= 11 is 3.42. The monoisotopic (exact) mass is 463 g/mol. The van der Waals surface area contributed by atoms with Crippen LogP contribution >= 0.6 is 7.92 Å². The van der Waals surface area contributed by atoms with E-state index in [2.05, 4.69) is 109 Å². The van der Waals surface area contributed by atoms with Gasteiger partial charge in [0.2, 0.25) is 0 Å². The second-order valence-corrected chi connectivity index (χ2v) is 12.8. The van der Waals surface area contributed by atoms with Crippen molar-refractivity contribution in [2.75, 3.05) is 0 Å². The zero-order valence-electron chi connectivity index (χ0n) is 16.7. The fourth-order valence-corrected chi connectivity index (χ4v) is 7.90. The molecule has 145 valence electrons. The molecule has 0 fully saturated rings. The first-order valence-electron chi connectivity index (χ1n) is 8.66. The number of benzene rings is 2. The van der Waals surface area contributed by atoms with E-state index in [1.165, 1.54) is 20.5 Å². The predicted molar refractivity (Wildman–Crippen MR) is 111 cm³/mol. The predicted octanol–water partition coefficient (Wildman–Crippen LogP) is 5.32. The molecule has 0 spiro atoms. The van der Waals surface area contributed by atoms with Crippen LogP contribution in [-0.4, -0.2) is 21.4 Å². The van der Waals surface area contributed by atoms with Crippen molar-refractivity contribution in [3.63, 3.8) is 0 Å². The number of carboxylic acid groups (broad SMARTS) is 1. The zero-order valence-corrected chi connectivity index (χ0v) is 19.2. The Bertz CT molecular complexity index is 724. The van der Waals surface area contributed by atoms with Crippen molar-refractivity contribution in [1.29, 1.82) is 0 Å². The molecular formula is C22H30O2PPd. The molecule has 1 N–H and O–H groups in total. The van der Waals surface area contributed by atoms with Gasteiger partial charge in [0.15, 0.2) is 0 Å². The van der Waals surface area contributed by atoms with Crippen LogP contribution in [0.1, 0.15) is 48.5 Å². The number of carboxylic acids is 1. The quantitative estimate of drug-likeness (QED) is 0.483. The van der Waals surface area contributed by atoms with Gasteiger partial charge in [0.1, 0.15) is 0 Å². The summed E-state index contributed by atoms with van der Waals surface area (Å²) in [7, 11) is -0.311. The average Bonchev–Trinajstić information content (AvgIpc) is 2.45. The van der Waals surface area contributed by atoms with Gasteiger partial charge in [-0.1, -0.05) is 0 Å². The van der Waals surface area contributed by atoms with Gasteiger partial charge >= 0.3 is 148 Å². The standard InChI is InChI=1S/C20H26P.C2H4O2.Pd/c1-19(2,3)21(20(4,5)6)18-15-11-10-14-17(18)16-12-8-7-9-13-16;1-2(3)4;/h7-12,14-15H,1-6H3;1H3,(H,3,4);. The normalized spacial score (nSPS) is 11.8. The van der Waals surface area contributed by atoms with Crippen LogP contribution in [0.2, 0.25) is 0 Å². The number of hydrogen-bond acceptors (Lipinski definition) is 1. The molecule has 0 saturated carbocycles. The SMILES string of the molecule is CC(=O)O.CC(C)(C)P(c1ccccc1-c1cccc[c]1[Pd])C(C)(C)C. The van der Waals surface area contributed by atoms with Crippen molar-refractivity contribution >= 4 is 23.2 Å². The second-order valence-electron chi connectivity index (χ2n) is 8.16. The van der Waals surface area contributed by atoms with E-state index in [-0.39, 0.29) is 18.2 Å². The minimum atomic E-state index is -0.833. The molecular weight excluding hydrogens is 434 g/mol. The molecule has 0 radical (unpaired) electrons. The second kappa shape index (κ2) is 9.28. The molecule has 0 aliphatic carbocycles. The fraction of sp³-hybridized carbons (Fsp3) is 0.409. The Labute approximate surface area is 170 Å². The van der Waals surface area contributed by atoms with E-state index in [4.69, 9.17) is 9.90 Å². The summed E-state index contributed by atoms with van der Waals surface area (Å²) < 4.78 is 1.20. The van der Waals surface area contributed by atoms with Crippen LogP contribution < -0.4 is 9.34 Å². The Balaban J connectivity index is 0.000000765. The minimum absolute atomic E-state index is 0.272. The molecule has 2 aromatic rings. The molecule has 2 nitrogen and oxygen atoms in total. The van der Waals surface area contributed by atoms with E-state index in [9.17, 15) is 0 Å². The van der Waals surface area contributed by atoms with E-state index >= 15 is 0 Å². The molecule has 0 aliphatic heterocycles. The Morgan fingerprint density at radius 1 is 0.846 bits per heavy atom. The van der Waals surface area contributed by atoms with Gasteiger partial charge in [-0.05, 0) is 0 Å². The summed E-state index contributed by atoms with van der Waals surface area (Å²) in [6.45, 7) is 15.4. The van der Waals surface area contributed by atoms with Gasteiger partial charge in [-0.25, -0.2) is 0 Å². The molecule has 2 aromatic carbocycles. The molecule has 0 saturated heterocycles. The Kier molecular flexibility index (Phi) is 8.22. The fourth-order valence-electron chi connectivity index (χ4n) is 3.29. The van der Waals surface area contributed by atoms with Crippen molar-refractivity contribution < 1.29 is 29.1 Å². The van der Waals surface area contributed by atoms with E-state index in [1.807, 2.05) is 0 Å². The van der Waals surface area contributed by atoms with Crippen molar-refractivity contribution in [2.24, 2.45) is 0 Å². The number of hydrogen-bond donors (Lipinski definition) is 1. The molecule has 0 heterocycles. The number of aliphatic carboxylic acids is 1. The third-order valence-electron chi connectivity index (χ3n) is 3.62. The number of carbonyl (C=O) groups is 1. The van der Waals surface area contributed by atoms with Gasteiger partial charge in [-0.2, -0.15) is 0 Å². The zero-order chi connectivity index (χ0) is 20.1. The van der Waals surface area contributed by atoms with Gasteiger partial charge < -0.3 is 5.11 Å². The van der Waals surface area contributed by atoms with Gasteiger partial charge in [0.05, 0.1) is 0 Å². The molecule has 0 unspecified atom stereocenters. The summed E-state index contributed by atoms with van der Waals surface area (Å²) in [6.07, 6.45) is 0. The van der Waals surface area contributed by atoms with Crippen LogP contribution in [0.25, 0.3) is 11.1 Å². The van der Waals surface area contributed by atoms with Gasteiger partial charge in [-0.3, -0.25) is 4.79 Å². The topological polar surface area (TPSA) is 37.3 Å². The summed E-state index contributed by atoms with van der Waals surface area (Å²) in [5, 5.41) is 9.47. The van der Waals surface area contributed by atoms with Crippen molar-refractivity contribution in [2.45, 2.75) is 58.8 Å². The number of rotatable bonds is 2. The molecule has 0 aromatic heterocycles. The summed E-state index contributed by atoms with van der Waals surface area (Å²) in [5.41, 5.74) is 2.68. The van der Waals surface area contributed by atoms with Crippen LogP contribution in [0.15, 0.2) is 48.5 Å². The molecule has 4 heteroatoms. The first-order chi connectivity index (χ1) is 11.9. The molecule has 2 rings (SSSR count). The molecule has 0 amide bonds. The summed E-state index contributed by atoms with van der Waals surface area (Å²) in [4.78, 5) is 9.00. The van der Waals surface area contributed by atoms with E-state index < -0.39 is 5.97 Å². The summed E-state index contributed by atoms with van der Waals surface area (Å²) in [5.74, 6) is -0.833. The average molecular weight is 464 g/mol. The van der Waals surface area contributed by atoms with Crippen LogP contribution in [-0.2, 0) is 24.0 Å². The van der Waals surface area contributed by atoms with Crippen molar-refractivity contribution in [1.82, 2.24) is 0 Å². The van der Waals surface area contributed by atoms with Crippen LogP contribution in [0, 0.1) is 0 Å². The van der Waals surface area contributed by atoms with E-state index in [1.54, 1.807) is 0 Å². The maximum atomic E-state index is 9.00. The van der Waals surface area contributed by atoms with Gasteiger partial charge in [0, 0.05) is 6.92 Å². The maximum absolute atomic E-state index is 9.00. The van der Waals surface area contributed by atoms with E-state index in [0.717, 1.165) is 6.92 Å². The van der Waals surface area contributed by atoms with Gasteiger partial charge in [-0.15, -0.1) is 0 Å². The first-order valence-corrected chi connectivity index (χ1v) is 10.8. The Hall–Kier alpha value is -0.998. The molecule has 26 heavy (non-hydrogen) atoms. The summed E-state index contributed by atoms with van der Waals surface area (Å²) in [6, 6.07) is 17.5. The Morgan fingerprint density at radius 2 is 1.23 bits per heavy atom. The first kappa shape index (κ1) is 23.0. The third-order valence-corrected chi connectivity index (χ3v) is 7.86. The van der Waals surface area contributed by atoms with Crippen molar-refractivity contribution in [3.8, 4) is 11.1 Å². The van der Waals surface area contributed by atoms with Crippen LogP contribution in [0.5, 0.6) is 0 Å². The molecule has 0 aliphatic rings. The van der Waals surface area contributed by atoms with Crippen LogP contribution in [0.4, 0.5) is 0 Å². The third kappa shape index (κ3) is 6.62. The molecule has 0 atom stereocenters. The molecule has 0 bridgehead atoms. The van der Waals surface area contributed by atoms with Gasteiger partial charge in [0.25, 0.3) is 5.97 Å². The van der Waals surface area contributed by atoms with Crippen LogP contribution in [0.3, 0.4) is 0 Å². The van der Waals surface area contributed by atoms with E-state index in [0.29, 0.717) is 0 Å². The Morgan fingerprint density at radius 3 is 1.65 bits per heavy atom.